The summed E-state index contributed by atoms with van der Waals surface area (Å²) >= 11 is 4.93. The lowest BCUT2D eigenvalue weighted by atomic mass is 10.1. The molecule has 0 aromatic heterocycles. The first kappa shape index (κ1) is 13.1. The van der Waals surface area contributed by atoms with E-state index >= 15 is 0 Å². The van der Waals surface area contributed by atoms with Gasteiger partial charge in [-0.1, -0.05) is 6.07 Å². The highest BCUT2D eigenvalue weighted by Gasteiger charge is 2.20. The summed E-state index contributed by atoms with van der Waals surface area (Å²) in [4.78, 5) is 14.0. The van der Waals surface area contributed by atoms with Gasteiger partial charge in [-0.3, -0.25) is 10.1 Å². The first-order valence-corrected chi connectivity index (χ1v) is 7.24. The van der Waals surface area contributed by atoms with Crippen molar-refractivity contribution in [2.45, 2.75) is 19.8 Å². The Morgan fingerprint density at radius 2 is 2.00 bits per heavy atom. The minimum atomic E-state index is -0.169. The van der Waals surface area contributed by atoms with Crippen LogP contribution in [0.25, 0.3) is 6.08 Å². The average Bonchev–Trinajstić information content (AvgIpc) is 3.02. The summed E-state index contributed by atoms with van der Waals surface area (Å²) in [6, 6.07) is 6.37. The quantitative estimate of drug-likeness (QED) is 0.644. The predicted molar refractivity (Wildman–Crippen MR) is 84.5 cm³/mol. The molecular weight excluding hydrogens is 270 g/mol. The Kier molecular flexibility index (Phi) is 3.44. The van der Waals surface area contributed by atoms with Crippen LogP contribution in [0.5, 0.6) is 0 Å². The van der Waals surface area contributed by atoms with Crippen LogP contribution in [0.2, 0.25) is 0 Å². The van der Waals surface area contributed by atoms with Gasteiger partial charge in [0.2, 0.25) is 0 Å². The Morgan fingerprint density at radius 3 is 2.60 bits per heavy atom. The van der Waals surface area contributed by atoms with Crippen LogP contribution in [-0.2, 0) is 4.79 Å². The average molecular weight is 287 g/mol. The highest BCUT2D eigenvalue weighted by atomic mass is 32.1. The normalized spacial score (nSPS) is 20.4. The molecule has 0 saturated carbocycles. The van der Waals surface area contributed by atoms with Crippen LogP contribution in [0.4, 0.5) is 5.69 Å². The molecule has 2 aliphatic rings. The molecule has 1 aromatic rings. The maximum absolute atomic E-state index is 11.6. The minimum absolute atomic E-state index is 0.169. The van der Waals surface area contributed by atoms with Gasteiger partial charge < -0.3 is 10.2 Å². The number of carbonyl (C=O) groups is 1. The van der Waals surface area contributed by atoms with Crippen LogP contribution in [0.15, 0.2) is 23.9 Å². The fourth-order valence-electron chi connectivity index (χ4n) is 2.63. The molecule has 0 spiro atoms. The van der Waals surface area contributed by atoms with E-state index in [2.05, 4.69) is 40.7 Å². The van der Waals surface area contributed by atoms with E-state index in [9.17, 15) is 4.79 Å². The Balaban J connectivity index is 1.86. The molecule has 2 fully saturated rings. The zero-order valence-corrected chi connectivity index (χ0v) is 12.2. The van der Waals surface area contributed by atoms with Crippen molar-refractivity contribution >= 4 is 35.0 Å². The van der Waals surface area contributed by atoms with Gasteiger partial charge in [-0.15, -0.1) is 0 Å². The SMILES string of the molecule is Cc1cc(N2CCCC2)ccc1/C=C1/NC(=S)NC1=O. The number of anilines is 1. The Morgan fingerprint density at radius 1 is 1.25 bits per heavy atom. The molecule has 20 heavy (non-hydrogen) atoms. The zero-order chi connectivity index (χ0) is 14.1. The lowest BCUT2D eigenvalue weighted by Crippen LogP contribution is -2.21. The number of rotatable bonds is 2. The molecule has 2 N–H and O–H groups in total. The van der Waals surface area contributed by atoms with Gasteiger partial charge in [0.15, 0.2) is 5.11 Å². The Bertz CT molecular complexity index is 603. The molecule has 2 heterocycles. The van der Waals surface area contributed by atoms with Crippen molar-refractivity contribution in [3.63, 3.8) is 0 Å². The van der Waals surface area contributed by atoms with Crippen LogP contribution < -0.4 is 15.5 Å². The third-order valence-electron chi connectivity index (χ3n) is 3.74. The Hall–Kier alpha value is -1.88. The largest absolute Gasteiger partial charge is 0.372 e. The van der Waals surface area contributed by atoms with Gasteiger partial charge in [-0.05, 0) is 61.3 Å². The number of amides is 1. The standard InChI is InChI=1S/C15H17N3OS/c1-10-8-12(18-6-2-3-7-18)5-4-11(10)9-13-14(19)17-15(20)16-13/h4-5,8-9H,2-3,6-7H2,1H3,(H2,16,17,19,20)/b13-9+. The van der Waals surface area contributed by atoms with E-state index in [0.717, 1.165) is 24.2 Å². The van der Waals surface area contributed by atoms with E-state index in [1.807, 2.05) is 6.08 Å². The number of nitrogens with zero attached hydrogens (tertiary/aromatic N) is 1. The number of nitrogens with one attached hydrogen (secondary N) is 2. The lowest BCUT2D eigenvalue weighted by Gasteiger charge is -2.18. The molecule has 0 radical (unpaired) electrons. The number of aryl methyl sites for hydroxylation is 1. The Labute approximate surface area is 123 Å². The molecule has 0 bridgehead atoms. The third-order valence-corrected chi connectivity index (χ3v) is 3.95. The summed E-state index contributed by atoms with van der Waals surface area (Å²) in [5.41, 5.74) is 3.97. The first-order valence-electron chi connectivity index (χ1n) is 6.83. The summed E-state index contributed by atoms with van der Waals surface area (Å²) in [7, 11) is 0. The second-order valence-corrected chi connectivity index (χ2v) is 5.61. The zero-order valence-electron chi connectivity index (χ0n) is 11.4. The third kappa shape index (κ3) is 2.54. The molecule has 3 rings (SSSR count). The van der Waals surface area contributed by atoms with Gasteiger partial charge in [0.1, 0.15) is 5.70 Å². The van der Waals surface area contributed by atoms with E-state index in [-0.39, 0.29) is 5.91 Å². The van der Waals surface area contributed by atoms with E-state index in [1.165, 1.54) is 18.5 Å². The highest BCUT2D eigenvalue weighted by molar-refractivity contribution is 7.80. The molecule has 0 unspecified atom stereocenters. The van der Waals surface area contributed by atoms with Crippen LogP contribution in [0, 0.1) is 6.92 Å². The maximum Gasteiger partial charge on any atom is 0.273 e. The van der Waals surface area contributed by atoms with Crippen LogP contribution in [0.3, 0.4) is 0 Å². The molecule has 104 valence electrons. The van der Waals surface area contributed by atoms with Crippen molar-refractivity contribution < 1.29 is 4.79 Å². The van der Waals surface area contributed by atoms with Gasteiger partial charge in [0, 0.05) is 18.8 Å². The molecule has 1 aromatic carbocycles. The fourth-order valence-corrected chi connectivity index (χ4v) is 2.83. The highest BCUT2D eigenvalue weighted by Crippen LogP contribution is 2.24. The topological polar surface area (TPSA) is 44.4 Å². The van der Waals surface area contributed by atoms with Crippen molar-refractivity contribution in [2.75, 3.05) is 18.0 Å². The first-order chi connectivity index (χ1) is 9.63. The van der Waals surface area contributed by atoms with Crippen LogP contribution in [-0.4, -0.2) is 24.1 Å². The maximum atomic E-state index is 11.6. The second-order valence-electron chi connectivity index (χ2n) is 5.20. The molecule has 1 amide bonds. The fraction of sp³-hybridized carbons (Fsp3) is 0.333. The molecule has 0 atom stereocenters. The smallest absolute Gasteiger partial charge is 0.273 e. The molecule has 5 heteroatoms. The summed E-state index contributed by atoms with van der Waals surface area (Å²) in [5, 5.41) is 5.81. The molecule has 2 saturated heterocycles. The minimum Gasteiger partial charge on any atom is -0.372 e. The van der Waals surface area contributed by atoms with E-state index < -0.39 is 0 Å². The van der Waals surface area contributed by atoms with Gasteiger partial charge >= 0.3 is 0 Å². The molecular formula is C15H17N3OS. The number of benzene rings is 1. The molecule has 4 nitrogen and oxygen atoms in total. The summed E-state index contributed by atoms with van der Waals surface area (Å²) in [5.74, 6) is -0.169. The van der Waals surface area contributed by atoms with Crippen molar-refractivity contribution in [3.05, 3.63) is 35.0 Å². The van der Waals surface area contributed by atoms with Crippen molar-refractivity contribution in [1.29, 1.82) is 0 Å². The summed E-state index contributed by atoms with van der Waals surface area (Å²) in [6.45, 7) is 4.34. The van der Waals surface area contributed by atoms with Crippen molar-refractivity contribution in [3.8, 4) is 0 Å². The lowest BCUT2D eigenvalue weighted by molar-refractivity contribution is -0.115. The van der Waals surface area contributed by atoms with Crippen molar-refractivity contribution in [1.82, 2.24) is 10.6 Å². The van der Waals surface area contributed by atoms with Gasteiger partial charge in [0.05, 0.1) is 0 Å². The number of hydrogen-bond donors (Lipinski definition) is 2. The number of carbonyl (C=O) groups excluding carboxylic acids is 1. The summed E-state index contributed by atoms with van der Waals surface area (Å²) in [6.07, 6.45) is 4.39. The van der Waals surface area contributed by atoms with E-state index in [4.69, 9.17) is 12.2 Å². The van der Waals surface area contributed by atoms with Crippen molar-refractivity contribution in [2.24, 2.45) is 0 Å². The number of thiocarbonyl (C=S) groups is 1. The van der Waals surface area contributed by atoms with E-state index in [0.29, 0.717) is 10.8 Å². The van der Waals surface area contributed by atoms with Gasteiger partial charge in [-0.2, -0.15) is 0 Å². The van der Waals surface area contributed by atoms with Gasteiger partial charge in [0.25, 0.3) is 5.91 Å². The molecule has 0 aliphatic carbocycles. The van der Waals surface area contributed by atoms with Crippen LogP contribution in [0.1, 0.15) is 24.0 Å². The number of hydrogen-bond acceptors (Lipinski definition) is 3. The van der Waals surface area contributed by atoms with Crippen LogP contribution >= 0.6 is 12.2 Å². The second kappa shape index (κ2) is 5.25. The summed E-state index contributed by atoms with van der Waals surface area (Å²) < 4.78 is 0. The molecule has 2 aliphatic heterocycles. The van der Waals surface area contributed by atoms with Gasteiger partial charge in [-0.25, -0.2) is 0 Å². The predicted octanol–water partition coefficient (Wildman–Crippen LogP) is 1.94. The van der Waals surface area contributed by atoms with E-state index in [1.54, 1.807) is 0 Å². The monoisotopic (exact) mass is 287 g/mol.